The highest BCUT2D eigenvalue weighted by atomic mass is 16.6. The van der Waals surface area contributed by atoms with Gasteiger partial charge in [-0.1, -0.05) is 0 Å². The van der Waals surface area contributed by atoms with Crippen LogP contribution in [0.25, 0.3) is 0 Å². The number of esters is 1. The Morgan fingerprint density at radius 2 is 2.00 bits per heavy atom. The molecule has 1 aliphatic rings. The Labute approximate surface area is 88.4 Å². The molecule has 0 amide bonds. The molecular weight excluding hydrogens is 200 g/mol. The highest BCUT2D eigenvalue weighted by Crippen LogP contribution is 2.32. The Balaban J connectivity index is 2.82. The van der Waals surface area contributed by atoms with E-state index in [0.717, 1.165) is 0 Å². The molecule has 0 aromatic rings. The van der Waals surface area contributed by atoms with Crippen LogP contribution in [-0.2, 0) is 19.1 Å². The van der Waals surface area contributed by atoms with Crippen molar-refractivity contribution in [3.8, 4) is 0 Å². The fraction of sp³-hybridized carbons (Fsp3) is 0.800. The van der Waals surface area contributed by atoms with Gasteiger partial charge in [-0.05, 0) is 27.2 Å². The van der Waals surface area contributed by atoms with Crippen LogP contribution >= 0.6 is 0 Å². The minimum atomic E-state index is -1.51. The van der Waals surface area contributed by atoms with Crippen LogP contribution in [0.5, 0.6) is 0 Å². The zero-order valence-electron chi connectivity index (χ0n) is 9.20. The molecule has 1 unspecified atom stereocenters. The van der Waals surface area contributed by atoms with Crippen molar-refractivity contribution in [2.45, 2.75) is 32.8 Å². The third-order valence-corrected chi connectivity index (χ3v) is 2.22. The predicted molar refractivity (Wildman–Crippen MR) is 51.3 cm³/mol. The second kappa shape index (κ2) is 3.81. The van der Waals surface area contributed by atoms with Gasteiger partial charge in [0.15, 0.2) is 5.41 Å². The van der Waals surface area contributed by atoms with Crippen molar-refractivity contribution >= 4 is 11.9 Å². The fourth-order valence-corrected chi connectivity index (χ4v) is 1.36. The van der Waals surface area contributed by atoms with Crippen molar-refractivity contribution in [3.63, 3.8) is 0 Å². The van der Waals surface area contributed by atoms with E-state index in [-0.39, 0.29) is 19.6 Å². The first-order chi connectivity index (χ1) is 6.78. The van der Waals surface area contributed by atoms with Crippen LogP contribution < -0.4 is 0 Å². The Hall–Kier alpha value is -1.10. The summed E-state index contributed by atoms with van der Waals surface area (Å²) >= 11 is 0. The van der Waals surface area contributed by atoms with E-state index in [9.17, 15) is 9.59 Å². The molecule has 1 saturated heterocycles. The smallest absolute Gasteiger partial charge is 0.326 e. The van der Waals surface area contributed by atoms with Gasteiger partial charge < -0.3 is 14.6 Å². The summed E-state index contributed by atoms with van der Waals surface area (Å²) in [5.74, 6) is -1.88. The molecule has 0 aliphatic carbocycles. The summed E-state index contributed by atoms with van der Waals surface area (Å²) in [6, 6.07) is 0. The van der Waals surface area contributed by atoms with E-state index >= 15 is 0 Å². The molecule has 1 heterocycles. The van der Waals surface area contributed by atoms with E-state index in [1.807, 2.05) is 0 Å². The molecule has 1 aliphatic heterocycles. The maximum absolute atomic E-state index is 11.7. The van der Waals surface area contributed by atoms with Crippen molar-refractivity contribution in [2.24, 2.45) is 5.41 Å². The molecule has 0 spiro atoms. The van der Waals surface area contributed by atoms with Gasteiger partial charge in [-0.15, -0.1) is 0 Å². The van der Waals surface area contributed by atoms with Crippen LogP contribution in [0.15, 0.2) is 0 Å². The molecule has 0 saturated carbocycles. The van der Waals surface area contributed by atoms with Gasteiger partial charge in [0.25, 0.3) is 0 Å². The van der Waals surface area contributed by atoms with E-state index in [0.29, 0.717) is 0 Å². The number of ether oxygens (including phenoxy) is 2. The summed E-state index contributed by atoms with van der Waals surface area (Å²) in [7, 11) is 0. The van der Waals surface area contributed by atoms with Crippen molar-refractivity contribution in [3.05, 3.63) is 0 Å². The number of rotatable bonds is 2. The van der Waals surface area contributed by atoms with Crippen LogP contribution in [0.4, 0.5) is 0 Å². The Bertz CT molecular complexity index is 270. The number of carboxylic acid groups (broad SMARTS) is 1. The van der Waals surface area contributed by atoms with Crippen molar-refractivity contribution in [1.29, 1.82) is 0 Å². The van der Waals surface area contributed by atoms with E-state index in [1.165, 1.54) is 0 Å². The van der Waals surface area contributed by atoms with E-state index in [1.54, 1.807) is 20.8 Å². The van der Waals surface area contributed by atoms with Crippen LogP contribution in [0.1, 0.15) is 27.2 Å². The van der Waals surface area contributed by atoms with Gasteiger partial charge in [0.2, 0.25) is 0 Å². The monoisotopic (exact) mass is 216 g/mol. The summed E-state index contributed by atoms with van der Waals surface area (Å²) in [6.45, 7) is 5.30. The van der Waals surface area contributed by atoms with E-state index < -0.39 is 23.0 Å². The predicted octanol–water partition coefficient (Wildman–Crippen LogP) is 0.819. The first kappa shape index (κ1) is 12.0. The molecule has 1 N–H and O–H groups in total. The lowest BCUT2D eigenvalue weighted by Gasteiger charge is -2.26. The first-order valence-corrected chi connectivity index (χ1v) is 4.82. The number of carboxylic acids is 1. The third kappa shape index (κ3) is 2.47. The van der Waals surface area contributed by atoms with Gasteiger partial charge in [-0.2, -0.15) is 0 Å². The summed E-state index contributed by atoms with van der Waals surface area (Å²) in [6.07, 6.45) is 0.178. The van der Waals surface area contributed by atoms with Crippen molar-refractivity contribution in [2.75, 3.05) is 13.2 Å². The summed E-state index contributed by atoms with van der Waals surface area (Å²) in [5.41, 5.74) is -2.19. The maximum atomic E-state index is 11.7. The topological polar surface area (TPSA) is 72.8 Å². The standard InChI is InChI=1S/C10H16O5/c1-9(2,3)15-8(13)10(7(11)12)4-5-14-6-10/h4-6H2,1-3H3,(H,11,12). The van der Waals surface area contributed by atoms with Crippen LogP contribution in [0.2, 0.25) is 0 Å². The quantitative estimate of drug-likeness (QED) is 0.546. The summed E-state index contributed by atoms with van der Waals surface area (Å²) < 4.78 is 10.1. The Morgan fingerprint density at radius 3 is 2.33 bits per heavy atom. The lowest BCUT2D eigenvalue weighted by Crippen LogP contribution is -2.44. The lowest BCUT2D eigenvalue weighted by molar-refractivity contribution is -0.176. The summed E-state index contributed by atoms with van der Waals surface area (Å²) in [4.78, 5) is 22.8. The molecule has 0 bridgehead atoms. The number of aliphatic carboxylic acids is 1. The molecule has 5 nitrogen and oxygen atoms in total. The zero-order chi connectivity index (χ0) is 11.7. The van der Waals surface area contributed by atoms with Crippen molar-refractivity contribution < 1.29 is 24.2 Å². The molecule has 15 heavy (non-hydrogen) atoms. The summed E-state index contributed by atoms with van der Waals surface area (Å²) in [5, 5.41) is 9.05. The fourth-order valence-electron chi connectivity index (χ4n) is 1.36. The normalized spacial score (nSPS) is 26.3. The van der Waals surface area contributed by atoms with Crippen molar-refractivity contribution in [1.82, 2.24) is 0 Å². The van der Waals surface area contributed by atoms with E-state index in [2.05, 4.69) is 0 Å². The Kier molecular flexibility index (Phi) is 3.04. The molecule has 0 aromatic heterocycles. The average Bonchev–Trinajstić information content (AvgIpc) is 2.48. The molecule has 0 radical (unpaired) electrons. The maximum Gasteiger partial charge on any atom is 0.326 e. The van der Waals surface area contributed by atoms with Gasteiger partial charge in [0.05, 0.1) is 6.61 Å². The molecule has 0 aromatic carbocycles. The molecule has 86 valence electrons. The van der Waals surface area contributed by atoms with Crippen LogP contribution in [-0.4, -0.2) is 35.9 Å². The Morgan fingerprint density at radius 1 is 1.40 bits per heavy atom. The second-order valence-electron chi connectivity index (χ2n) is 4.69. The number of hydrogen-bond donors (Lipinski definition) is 1. The molecule has 5 heteroatoms. The second-order valence-corrected chi connectivity index (χ2v) is 4.69. The molecule has 1 fully saturated rings. The van der Waals surface area contributed by atoms with Gasteiger partial charge in [0.1, 0.15) is 5.60 Å². The lowest BCUT2D eigenvalue weighted by atomic mass is 9.87. The molecule has 1 rings (SSSR count). The average molecular weight is 216 g/mol. The van der Waals surface area contributed by atoms with Gasteiger partial charge in [-0.25, -0.2) is 0 Å². The third-order valence-electron chi connectivity index (χ3n) is 2.22. The minimum Gasteiger partial charge on any atom is -0.480 e. The number of carbonyl (C=O) groups excluding carboxylic acids is 1. The highest BCUT2D eigenvalue weighted by Gasteiger charge is 2.52. The molecule has 1 atom stereocenters. The van der Waals surface area contributed by atoms with Gasteiger partial charge in [-0.3, -0.25) is 9.59 Å². The van der Waals surface area contributed by atoms with Gasteiger partial charge in [0, 0.05) is 6.61 Å². The number of hydrogen-bond acceptors (Lipinski definition) is 4. The molecular formula is C10H16O5. The number of carbonyl (C=O) groups is 2. The highest BCUT2D eigenvalue weighted by molar-refractivity contribution is 5.99. The SMILES string of the molecule is CC(C)(C)OC(=O)C1(C(=O)O)CCOC1. The zero-order valence-corrected chi connectivity index (χ0v) is 9.20. The minimum absolute atomic E-state index is 0.1000. The largest absolute Gasteiger partial charge is 0.480 e. The van der Waals surface area contributed by atoms with Gasteiger partial charge >= 0.3 is 11.9 Å². The van der Waals surface area contributed by atoms with E-state index in [4.69, 9.17) is 14.6 Å². The van der Waals surface area contributed by atoms with Crippen LogP contribution in [0, 0.1) is 5.41 Å². The van der Waals surface area contributed by atoms with Crippen LogP contribution in [0.3, 0.4) is 0 Å². The first-order valence-electron chi connectivity index (χ1n) is 4.82.